The Kier molecular flexibility index (Phi) is 36.3. The summed E-state index contributed by atoms with van der Waals surface area (Å²) in [7, 11) is 0. The van der Waals surface area contributed by atoms with E-state index in [-0.39, 0.29) is 63.5 Å². The number of allylic oxidation sites excluding steroid dienone is 1. The molecule has 0 radical (unpaired) electrons. The van der Waals surface area contributed by atoms with Gasteiger partial charge in [0.25, 0.3) is 5.91 Å². The molecule has 18 N–H and O–H groups in total. The Balaban J connectivity index is 2.31. The summed E-state index contributed by atoms with van der Waals surface area (Å²) in [4.78, 5) is 207. The molecule has 0 saturated carbocycles. The van der Waals surface area contributed by atoms with E-state index in [1.165, 1.54) is 31.7 Å². The molecule has 104 heavy (non-hydrogen) atoms. The highest BCUT2D eigenvalue weighted by atomic mass is 16.5. The summed E-state index contributed by atoms with van der Waals surface area (Å²) in [6.45, 7) is 25.9. The van der Waals surface area contributed by atoms with Crippen LogP contribution in [0.1, 0.15) is 168 Å². The fourth-order valence-corrected chi connectivity index (χ4v) is 11.8. The maximum Gasteiger partial charge on any atom is 0.302 e. The molecule has 582 valence electrons. The Bertz CT molecular complexity index is 3210. The predicted molar refractivity (Wildman–Crippen MR) is 385 cm³/mol. The molecule has 1 aromatic carbocycles. The lowest BCUT2D eigenvalue weighted by Gasteiger charge is -2.33. The first-order chi connectivity index (χ1) is 48.7. The second-order valence-electron chi connectivity index (χ2n) is 28.5. The van der Waals surface area contributed by atoms with Gasteiger partial charge in [0.1, 0.15) is 84.3 Å². The summed E-state index contributed by atoms with van der Waals surface area (Å²) in [6, 6.07) is -9.62. The number of hydrogen-bond acceptors (Lipinski definition) is 18. The van der Waals surface area contributed by atoms with Crippen LogP contribution < -0.4 is 75.3 Å². The lowest BCUT2D eigenvalue weighted by Crippen LogP contribution is -2.64. The van der Waals surface area contributed by atoms with Crippen molar-refractivity contribution in [1.82, 2.24) is 68.7 Å². The van der Waals surface area contributed by atoms with Crippen molar-refractivity contribution in [2.75, 3.05) is 13.1 Å². The number of carbonyl (C=O) groups excluding carboxylic acids is 14. The predicted octanol–water partition coefficient (Wildman–Crippen LogP) is -1.54. The average molecular weight is 1470 g/mol. The van der Waals surface area contributed by atoms with Gasteiger partial charge in [-0.1, -0.05) is 132 Å². The zero-order chi connectivity index (χ0) is 78.7. The van der Waals surface area contributed by atoms with Crippen LogP contribution in [0.25, 0.3) is 0 Å². The lowest BCUT2D eigenvalue weighted by atomic mass is 9.94. The molecule has 0 spiro atoms. The molecule has 0 aromatic heterocycles. The van der Waals surface area contributed by atoms with Gasteiger partial charge in [-0.2, -0.15) is 0 Å². The van der Waals surface area contributed by atoms with Crippen molar-refractivity contribution in [2.24, 2.45) is 52.0 Å². The van der Waals surface area contributed by atoms with Crippen LogP contribution in [0.4, 0.5) is 0 Å². The Hall–Kier alpha value is -9.27. The van der Waals surface area contributed by atoms with Gasteiger partial charge in [0.15, 0.2) is 5.96 Å². The number of amides is 13. The highest BCUT2D eigenvalue weighted by Gasteiger charge is 2.44. The van der Waals surface area contributed by atoms with E-state index in [4.69, 9.17) is 16.2 Å². The molecular weight excluding hydrogens is 1350 g/mol. The fourth-order valence-electron chi connectivity index (χ4n) is 11.8. The van der Waals surface area contributed by atoms with Gasteiger partial charge in [-0.05, 0) is 101 Å². The third kappa shape index (κ3) is 27.1. The number of benzene rings is 1. The number of hydrogen-bond donors (Lipinski definition) is 16. The van der Waals surface area contributed by atoms with Crippen LogP contribution in [-0.4, -0.2) is 208 Å². The van der Waals surface area contributed by atoms with Gasteiger partial charge < -0.3 is 95.1 Å². The molecule has 33 heteroatoms. The molecule has 2 saturated heterocycles. The van der Waals surface area contributed by atoms with Crippen LogP contribution in [0.5, 0.6) is 0 Å². The minimum Gasteiger partial charge on any atom is -0.460 e. The van der Waals surface area contributed by atoms with Crippen molar-refractivity contribution in [3.63, 3.8) is 0 Å². The molecule has 2 aliphatic rings. The Labute approximate surface area is 609 Å². The van der Waals surface area contributed by atoms with Crippen LogP contribution in [0.15, 0.2) is 47.1 Å². The van der Waals surface area contributed by atoms with Crippen LogP contribution in [-0.2, 0) is 78.3 Å². The van der Waals surface area contributed by atoms with Crippen LogP contribution >= 0.6 is 0 Å². The molecule has 1 aromatic rings. The number of fused-ring (bicyclic) bond motifs is 1. The molecular formula is C71H116N16O17. The third-order valence-corrected chi connectivity index (χ3v) is 18.3. The fraction of sp³-hybridized carbons (Fsp3) is 0.676. The minimum absolute atomic E-state index is 0.00401. The van der Waals surface area contributed by atoms with Gasteiger partial charge in [0.2, 0.25) is 70.9 Å². The van der Waals surface area contributed by atoms with Crippen molar-refractivity contribution in [1.29, 1.82) is 0 Å². The number of aliphatic hydroxyl groups excluding tert-OH is 2. The van der Waals surface area contributed by atoms with E-state index in [0.717, 1.165) is 13.8 Å². The van der Waals surface area contributed by atoms with Gasteiger partial charge >= 0.3 is 5.97 Å². The van der Waals surface area contributed by atoms with Crippen LogP contribution in [0, 0.1) is 35.5 Å². The van der Waals surface area contributed by atoms with E-state index in [9.17, 15) is 77.3 Å². The van der Waals surface area contributed by atoms with Crippen molar-refractivity contribution in [3.8, 4) is 0 Å². The SMILES string of the molecule is C/C=C1/NC(=O)[C@H](Cc2ccccc2)NC(=O)[C@H]([C@@H](C)CC)NC(=O)[C@H]([C@@H](C)CC)NC(=O)[C@H]([C@@H](C)O)NC(=O)[C@@H](CC(C)C)NC(=O)[C@H](CCCN=C(N)N)NC(=O)[C@@H]2CCCN2C(=O)[C@H](C(C)C)NC(=O)[C@H](C(C)C)NC(=O)[C@H]([C@@H](C)O)NC(=O)[C@H]([C@@H](C)OC(C)=O)NC(=O)[C@H](C(C)C)NC1=O. The second-order valence-corrected chi connectivity index (χ2v) is 28.5. The number of esters is 1. The summed E-state index contributed by atoms with van der Waals surface area (Å²) < 4.78 is 5.35. The van der Waals surface area contributed by atoms with Crippen molar-refractivity contribution < 1.29 is 82.1 Å². The molecule has 2 heterocycles. The van der Waals surface area contributed by atoms with Gasteiger partial charge in [-0.3, -0.25) is 72.1 Å². The number of carbonyl (C=O) groups is 14. The van der Waals surface area contributed by atoms with E-state index >= 15 is 0 Å². The van der Waals surface area contributed by atoms with Crippen LogP contribution in [0.3, 0.4) is 0 Å². The van der Waals surface area contributed by atoms with E-state index in [1.807, 2.05) is 0 Å². The largest absolute Gasteiger partial charge is 0.460 e. The Morgan fingerprint density at radius 1 is 0.538 bits per heavy atom. The summed E-state index contributed by atoms with van der Waals surface area (Å²) >= 11 is 0. The van der Waals surface area contributed by atoms with Crippen molar-refractivity contribution in [3.05, 3.63) is 47.7 Å². The zero-order valence-electron chi connectivity index (χ0n) is 63.2. The second kappa shape index (κ2) is 42.5. The van der Waals surface area contributed by atoms with Gasteiger partial charge in [0.05, 0.1) is 12.2 Å². The summed E-state index contributed by atoms with van der Waals surface area (Å²) in [5.74, 6) is -17.0. The lowest BCUT2D eigenvalue weighted by molar-refractivity contribution is -0.151. The standard InChI is InChI=1S/C71H116N16O17/c1-18-38(12)53-65(98)78-48(33-44-26-22-21-23-27-44)60(93)75-45(20-3)58(91)79-50(35(6)7)64(97)86-57(42(16)104-43(17)90)69(102)85-56(41(15)89)67(100)80-51(36(8)9)63(96)81-52(37(10)11)70(103)87-31-25-29-49(87)62(95)76-46(28-24-30-74-71(72)73)59(92)77-47(32-34(4)5)61(94)84-55(40(14)88)68(101)83-54(39(13)19-2)66(99)82-53/h20-23,26-27,34-42,46-57,88-89H,18-19,24-25,28-33H2,1-17H3,(H,75,93)(H,76,95)(H,77,92)(H,78,98)(H,79,91)(H,80,100)(H,81,96)(H,82,99)(H,83,101)(H,84,94)(H,85,102)(H,86,97)(H4,72,73,74)/b45-20+/t38-,39-,40+,41+,42+,46-,47+,48-,49-,50-,51-,52-,53-,54-,55-,56-,57-/m0/s1. The summed E-state index contributed by atoms with van der Waals surface area (Å²) in [6.07, 6.45) is -2.81. The number of nitrogens with two attached hydrogens (primary N) is 2. The Morgan fingerprint density at radius 3 is 1.44 bits per heavy atom. The highest BCUT2D eigenvalue weighted by molar-refractivity contribution is 6.03. The third-order valence-electron chi connectivity index (χ3n) is 18.3. The van der Waals surface area contributed by atoms with E-state index in [1.54, 1.807) is 113 Å². The molecule has 0 aliphatic carbocycles. The summed E-state index contributed by atoms with van der Waals surface area (Å²) in [5.41, 5.74) is 11.4. The number of aliphatic imine (C=N–C) groups is 1. The first kappa shape index (κ1) is 88.9. The maximum absolute atomic E-state index is 14.8. The monoisotopic (exact) mass is 1460 g/mol. The van der Waals surface area contributed by atoms with E-state index < -0.39 is 209 Å². The normalized spacial score (nSPS) is 27.0. The molecule has 13 amide bonds. The average Bonchev–Trinajstić information content (AvgIpc) is 1.53. The van der Waals surface area contributed by atoms with E-state index in [2.05, 4.69) is 68.8 Å². The number of guanidine groups is 1. The molecule has 3 rings (SSSR count). The number of nitrogens with zero attached hydrogens (tertiary/aromatic N) is 2. The molecule has 17 atom stereocenters. The van der Waals surface area contributed by atoms with E-state index in [0.29, 0.717) is 18.4 Å². The first-order valence-electron chi connectivity index (χ1n) is 35.9. The minimum atomic E-state index is -1.87. The van der Waals surface area contributed by atoms with Crippen LogP contribution in [0.2, 0.25) is 0 Å². The number of aliphatic hydroxyl groups is 2. The van der Waals surface area contributed by atoms with Gasteiger partial charge in [-0.15, -0.1) is 0 Å². The summed E-state index contributed by atoms with van der Waals surface area (Å²) in [5, 5.41) is 53.7. The number of rotatable bonds is 19. The topological polar surface area (TPSA) is 501 Å². The molecule has 33 nitrogen and oxygen atoms in total. The molecule has 0 bridgehead atoms. The highest BCUT2D eigenvalue weighted by Crippen LogP contribution is 2.23. The van der Waals surface area contributed by atoms with Crippen molar-refractivity contribution in [2.45, 2.75) is 260 Å². The number of ether oxygens (including phenoxy) is 1. The zero-order valence-corrected chi connectivity index (χ0v) is 63.2. The van der Waals surface area contributed by atoms with Crippen molar-refractivity contribution >= 4 is 88.7 Å². The molecule has 2 aliphatic heterocycles. The molecule has 2 fully saturated rings. The smallest absolute Gasteiger partial charge is 0.302 e. The number of nitrogens with one attached hydrogen (secondary N) is 12. The quantitative estimate of drug-likeness (QED) is 0.0245. The molecule has 0 unspecified atom stereocenters. The maximum atomic E-state index is 14.8. The first-order valence-corrected chi connectivity index (χ1v) is 35.9. The van der Waals surface area contributed by atoms with Gasteiger partial charge in [0, 0.05) is 26.4 Å². The Morgan fingerprint density at radius 2 is 0.962 bits per heavy atom. The van der Waals surface area contributed by atoms with Gasteiger partial charge in [-0.25, -0.2) is 0 Å².